The Labute approximate surface area is 251 Å². The highest BCUT2D eigenvalue weighted by molar-refractivity contribution is 7.99. The zero-order chi connectivity index (χ0) is 28.0. The van der Waals surface area contributed by atoms with Crippen LogP contribution in [0, 0.1) is 0 Å². The number of hydrogen-bond donors (Lipinski definition) is 0. The van der Waals surface area contributed by atoms with Crippen molar-refractivity contribution >= 4 is 45.7 Å². The first kappa shape index (κ1) is 24.1. The first-order chi connectivity index (χ1) is 20.6. The molecule has 2 heteroatoms. The van der Waals surface area contributed by atoms with Crippen LogP contribution in [0.5, 0.6) is 0 Å². The van der Waals surface area contributed by atoms with Gasteiger partial charge >= 0.3 is 0 Å². The molecule has 0 fully saturated rings. The molecule has 0 amide bonds. The Morgan fingerprint density at radius 1 is 0.667 bits per heavy atom. The monoisotopic (exact) mass is 555 g/mol. The van der Waals surface area contributed by atoms with E-state index in [4.69, 9.17) is 0 Å². The van der Waals surface area contributed by atoms with E-state index in [1.54, 1.807) is 0 Å². The van der Waals surface area contributed by atoms with Gasteiger partial charge in [-0.25, -0.2) is 0 Å². The fraction of sp³-hybridized carbons (Fsp3) is 0.100. The Balaban J connectivity index is 1.31. The Hall–Kier alpha value is -4.53. The highest BCUT2D eigenvalue weighted by Crippen LogP contribution is 2.57. The fourth-order valence-electron chi connectivity index (χ4n) is 7.41. The van der Waals surface area contributed by atoms with Gasteiger partial charge in [0, 0.05) is 20.9 Å². The van der Waals surface area contributed by atoms with Crippen molar-refractivity contribution < 1.29 is 0 Å². The summed E-state index contributed by atoms with van der Waals surface area (Å²) in [6.07, 6.45) is 5.57. The molecule has 0 atom stereocenters. The van der Waals surface area contributed by atoms with Crippen molar-refractivity contribution in [2.45, 2.75) is 35.5 Å². The molecule has 0 saturated carbocycles. The predicted octanol–water partition coefficient (Wildman–Crippen LogP) is 11.3. The van der Waals surface area contributed by atoms with E-state index in [0.717, 1.165) is 6.42 Å². The first-order valence-corrected chi connectivity index (χ1v) is 15.6. The van der Waals surface area contributed by atoms with Crippen LogP contribution in [0.2, 0.25) is 0 Å². The molecule has 1 aliphatic heterocycles. The summed E-state index contributed by atoms with van der Waals surface area (Å²) in [5, 5.41) is 2.71. The maximum absolute atomic E-state index is 2.52. The fourth-order valence-corrected chi connectivity index (χ4v) is 8.64. The summed E-state index contributed by atoms with van der Waals surface area (Å²) >= 11 is 1.94. The van der Waals surface area contributed by atoms with Crippen molar-refractivity contribution in [3.63, 3.8) is 0 Å². The van der Waals surface area contributed by atoms with Gasteiger partial charge in [-0.05, 0) is 92.0 Å². The molecule has 0 saturated heterocycles. The number of fused-ring (bicyclic) bond motifs is 6. The van der Waals surface area contributed by atoms with Gasteiger partial charge in [-0.3, -0.25) is 0 Å². The summed E-state index contributed by atoms with van der Waals surface area (Å²) in [6.45, 7) is 4.71. The number of anilines is 3. The van der Waals surface area contributed by atoms with Crippen molar-refractivity contribution in [2.24, 2.45) is 0 Å². The van der Waals surface area contributed by atoms with Crippen molar-refractivity contribution in [2.75, 3.05) is 4.90 Å². The Morgan fingerprint density at radius 2 is 1.50 bits per heavy atom. The van der Waals surface area contributed by atoms with Crippen molar-refractivity contribution in [1.82, 2.24) is 0 Å². The van der Waals surface area contributed by atoms with Crippen molar-refractivity contribution in [3.05, 3.63) is 144 Å². The van der Waals surface area contributed by atoms with E-state index in [0.29, 0.717) is 0 Å². The van der Waals surface area contributed by atoms with Gasteiger partial charge < -0.3 is 4.90 Å². The second kappa shape index (κ2) is 8.74. The smallest absolute Gasteiger partial charge is 0.0610 e. The van der Waals surface area contributed by atoms with Crippen LogP contribution in [0.25, 0.3) is 39.1 Å². The van der Waals surface area contributed by atoms with Gasteiger partial charge in [-0.1, -0.05) is 123 Å². The molecular weight excluding hydrogens is 527 g/mol. The van der Waals surface area contributed by atoms with Crippen LogP contribution >= 0.6 is 11.8 Å². The van der Waals surface area contributed by atoms with Crippen LogP contribution in [0.15, 0.2) is 131 Å². The van der Waals surface area contributed by atoms with E-state index in [9.17, 15) is 0 Å². The predicted molar refractivity (Wildman–Crippen MR) is 178 cm³/mol. The minimum atomic E-state index is -0.00822. The molecule has 0 unspecified atom stereocenters. The molecule has 42 heavy (non-hydrogen) atoms. The molecule has 0 bridgehead atoms. The standard InChI is InChI=1S/C40H29NS/c1-40(2)33-17-7-6-15-30(33)32-24-29(19-20-34(32)40)41-35-21-18-27(25-10-4-3-5-11-25)23-37(35)42-39-31-16-9-13-26-12-8-14-28(38(26)31)22-36(39)41/h3-15,17-24H,16H2,1-2H3. The van der Waals surface area contributed by atoms with E-state index in [-0.39, 0.29) is 5.41 Å². The normalized spacial score (nSPS) is 15.2. The largest absolute Gasteiger partial charge is 0.308 e. The molecule has 0 spiro atoms. The Morgan fingerprint density at radius 3 is 2.40 bits per heavy atom. The maximum Gasteiger partial charge on any atom is 0.0610 e. The zero-order valence-electron chi connectivity index (χ0n) is 23.7. The minimum absolute atomic E-state index is 0.00822. The summed E-state index contributed by atoms with van der Waals surface area (Å²) in [4.78, 5) is 5.19. The number of benzene rings is 6. The van der Waals surface area contributed by atoms with Crippen molar-refractivity contribution in [3.8, 4) is 22.3 Å². The van der Waals surface area contributed by atoms with Gasteiger partial charge in [0.1, 0.15) is 0 Å². The number of nitrogens with zero attached hydrogens (tertiary/aromatic N) is 1. The van der Waals surface area contributed by atoms with Gasteiger partial charge in [0.05, 0.1) is 11.4 Å². The minimum Gasteiger partial charge on any atom is -0.308 e. The third kappa shape index (κ3) is 3.33. The SMILES string of the molecule is CC1(C)c2ccccc2-c2cc(N3c4ccc(-c5ccccc5)cc4Sc4c3cc3cccc5c3c4CC=C5)ccc21. The lowest BCUT2D eigenvalue weighted by molar-refractivity contribution is 0.660. The van der Waals surface area contributed by atoms with Crippen molar-refractivity contribution in [1.29, 1.82) is 0 Å². The third-order valence-electron chi connectivity index (χ3n) is 9.44. The lowest BCUT2D eigenvalue weighted by atomic mass is 9.82. The Bertz CT molecular complexity index is 2120. The summed E-state index contributed by atoms with van der Waals surface area (Å²) in [7, 11) is 0. The number of rotatable bonds is 2. The molecule has 6 aromatic carbocycles. The summed E-state index contributed by atoms with van der Waals surface area (Å²) < 4.78 is 0. The Kier molecular flexibility index (Phi) is 5.01. The van der Waals surface area contributed by atoms with Crippen LogP contribution in [0.3, 0.4) is 0 Å². The van der Waals surface area contributed by atoms with E-state index in [1.807, 2.05) is 11.8 Å². The topological polar surface area (TPSA) is 3.24 Å². The summed E-state index contributed by atoms with van der Waals surface area (Å²) in [5.74, 6) is 0. The van der Waals surface area contributed by atoms with Crippen LogP contribution in [-0.2, 0) is 11.8 Å². The third-order valence-corrected chi connectivity index (χ3v) is 10.6. The lowest BCUT2D eigenvalue weighted by Gasteiger charge is -2.36. The van der Waals surface area contributed by atoms with Crippen LogP contribution in [0.4, 0.5) is 17.1 Å². The van der Waals surface area contributed by atoms with E-state index >= 15 is 0 Å². The highest BCUT2D eigenvalue weighted by Gasteiger charge is 2.36. The average Bonchev–Trinajstić information content (AvgIpc) is 3.26. The molecule has 9 rings (SSSR count). The van der Waals surface area contributed by atoms with E-state index in [1.165, 1.54) is 82.1 Å². The first-order valence-electron chi connectivity index (χ1n) is 14.7. The summed E-state index contributed by atoms with van der Waals surface area (Å²) in [6, 6.07) is 42.9. The molecule has 6 aromatic rings. The molecule has 3 aliphatic rings. The van der Waals surface area contributed by atoms with Crippen LogP contribution in [0.1, 0.15) is 36.1 Å². The summed E-state index contributed by atoms with van der Waals surface area (Å²) in [5.41, 5.74) is 14.5. The molecule has 2 aliphatic carbocycles. The molecule has 1 nitrogen and oxygen atoms in total. The highest BCUT2D eigenvalue weighted by atomic mass is 32.2. The van der Waals surface area contributed by atoms with Crippen LogP contribution < -0.4 is 4.90 Å². The second-order valence-electron chi connectivity index (χ2n) is 12.1. The zero-order valence-corrected chi connectivity index (χ0v) is 24.5. The quantitative estimate of drug-likeness (QED) is 0.209. The van der Waals surface area contributed by atoms with Gasteiger partial charge in [0.15, 0.2) is 0 Å². The van der Waals surface area contributed by atoms with Gasteiger partial charge in [-0.15, -0.1) is 0 Å². The number of hydrogen-bond acceptors (Lipinski definition) is 2. The van der Waals surface area contributed by atoms with Gasteiger partial charge in [0.25, 0.3) is 0 Å². The molecule has 0 N–H and O–H groups in total. The van der Waals surface area contributed by atoms with Gasteiger partial charge in [0.2, 0.25) is 0 Å². The van der Waals surface area contributed by atoms with Gasteiger partial charge in [-0.2, -0.15) is 0 Å². The lowest BCUT2D eigenvalue weighted by Crippen LogP contribution is -2.17. The van der Waals surface area contributed by atoms with Crippen LogP contribution in [-0.4, -0.2) is 0 Å². The average molecular weight is 556 g/mol. The molecule has 200 valence electrons. The number of allylic oxidation sites excluding steroid dienone is 1. The molecular formula is C40H29NS. The van der Waals surface area contributed by atoms with E-state index in [2.05, 4.69) is 146 Å². The molecule has 1 heterocycles. The molecule has 0 radical (unpaired) electrons. The second-order valence-corrected chi connectivity index (χ2v) is 13.2. The van der Waals surface area contributed by atoms with E-state index < -0.39 is 0 Å². The molecule has 0 aromatic heterocycles. The maximum atomic E-state index is 2.52.